The number of thioether (sulfide) groups is 1. The van der Waals surface area contributed by atoms with Gasteiger partial charge in [-0.2, -0.15) is 0 Å². The number of amides is 2. The standard InChI is InChI=1S/C23H24N4O2S2/c1-2-17-10-6-7-11-19(17)27-13-18(12-21(27)28)22(29)24-23-26-25-20(31-23)15-30-14-16-8-4-3-5-9-16/h3-11,18H,2,12-15H2,1H3,(H,24,26,29). The second-order valence-electron chi connectivity index (χ2n) is 7.36. The summed E-state index contributed by atoms with van der Waals surface area (Å²) in [5, 5.41) is 12.5. The molecule has 4 rings (SSSR count). The number of nitrogens with zero attached hydrogens (tertiary/aromatic N) is 3. The van der Waals surface area contributed by atoms with Crippen molar-refractivity contribution in [2.24, 2.45) is 5.92 Å². The van der Waals surface area contributed by atoms with Crippen LogP contribution in [0.25, 0.3) is 0 Å². The number of nitrogens with one attached hydrogen (secondary N) is 1. The SMILES string of the molecule is CCc1ccccc1N1CC(C(=O)Nc2nnc(CSCc3ccccc3)s2)CC1=O. The molecule has 0 saturated carbocycles. The molecule has 8 heteroatoms. The summed E-state index contributed by atoms with van der Waals surface area (Å²) < 4.78 is 0. The number of hydrogen-bond acceptors (Lipinski definition) is 6. The molecule has 31 heavy (non-hydrogen) atoms. The molecule has 1 aliphatic rings. The zero-order valence-electron chi connectivity index (χ0n) is 17.3. The van der Waals surface area contributed by atoms with Gasteiger partial charge in [-0.05, 0) is 23.6 Å². The van der Waals surface area contributed by atoms with Crippen molar-refractivity contribution in [3.8, 4) is 0 Å². The van der Waals surface area contributed by atoms with Gasteiger partial charge in [0.1, 0.15) is 5.01 Å². The van der Waals surface area contributed by atoms with E-state index in [1.807, 2.05) is 42.5 Å². The van der Waals surface area contributed by atoms with Gasteiger partial charge in [0.25, 0.3) is 0 Å². The summed E-state index contributed by atoms with van der Waals surface area (Å²) in [6.07, 6.45) is 1.05. The van der Waals surface area contributed by atoms with E-state index in [4.69, 9.17) is 0 Å². The highest BCUT2D eigenvalue weighted by Gasteiger charge is 2.36. The van der Waals surface area contributed by atoms with Crippen molar-refractivity contribution in [1.82, 2.24) is 10.2 Å². The van der Waals surface area contributed by atoms with Crippen molar-refractivity contribution in [2.45, 2.75) is 31.3 Å². The van der Waals surface area contributed by atoms with E-state index >= 15 is 0 Å². The van der Waals surface area contributed by atoms with E-state index in [2.05, 4.69) is 34.6 Å². The van der Waals surface area contributed by atoms with E-state index in [0.717, 1.165) is 34.2 Å². The molecule has 6 nitrogen and oxygen atoms in total. The molecule has 0 bridgehead atoms. The Morgan fingerprint density at radius 1 is 1.13 bits per heavy atom. The molecule has 160 valence electrons. The van der Waals surface area contributed by atoms with Gasteiger partial charge in [-0.15, -0.1) is 22.0 Å². The van der Waals surface area contributed by atoms with Gasteiger partial charge in [0.15, 0.2) is 0 Å². The van der Waals surface area contributed by atoms with Crippen molar-refractivity contribution in [3.05, 3.63) is 70.7 Å². The molecule has 1 saturated heterocycles. The quantitative estimate of drug-likeness (QED) is 0.544. The molecule has 1 fully saturated rings. The number of para-hydroxylation sites is 1. The van der Waals surface area contributed by atoms with Gasteiger partial charge in [0.2, 0.25) is 16.9 Å². The van der Waals surface area contributed by atoms with Crippen LogP contribution in [0, 0.1) is 5.92 Å². The molecule has 0 radical (unpaired) electrons. The van der Waals surface area contributed by atoms with Gasteiger partial charge in [0.05, 0.1) is 5.92 Å². The number of rotatable bonds is 8. The first-order valence-corrected chi connectivity index (χ1v) is 12.2. The monoisotopic (exact) mass is 452 g/mol. The lowest BCUT2D eigenvalue weighted by molar-refractivity contribution is -0.122. The van der Waals surface area contributed by atoms with E-state index in [1.54, 1.807) is 16.7 Å². The highest BCUT2D eigenvalue weighted by molar-refractivity contribution is 7.97. The van der Waals surface area contributed by atoms with Crippen molar-refractivity contribution in [1.29, 1.82) is 0 Å². The van der Waals surface area contributed by atoms with Crippen molar-refractivity contribution in [2.75, 3.05) is 16.8 Å². The molecule has 1 N–H and O–H groups in total. The van der Waals surface area contributed by atoms with Gasteiger partial charge in [-0.1, -0.05) is 66.8 Å². The molecule has 0 spiro atoms. The average Bonchev–Trinajstić information content (AvgIpc) is 3.40. The number of benzene rings is 2. The number of carbonyl (C=O) groups excluding carboxylic acids is 2. The molecule has 3 aromatic rings. The third-order valence-corrected chi connectivity index (χ3v) is 7.23. The highest BCUT2D eigenvalue weighted by Crippen LogP contribution is 2.30. The topological polar surface area (TPSA) is 75.2 Å². The lowest BCUT2D eigenvalue weighted by Crippen LogP contribution is -2.28. The van der Waals surface area contributed by atoms with Crippen LogP contribution in [-0.4, -0.2) is 28.6 Å². The van der Waals surface area contributed by atoms with E-state index in [0.29, 0.717) is 11.7 Å². The molecule has 1 atom stereocenters. The second-order valence-corrected chi connectivity index (χ2v) is 9.40. The Balaban J connectivity index is 1.31. The van der Waals surface area contributed by atoms with Crippen LogP contribution in [-0.2, 0) is 27.5 Å². The fourth-order valence-corrected chi connectivity index (χ4v) is 5.38. The Labute approximate surface area is 190 Å². The lowest BCUT2D eigenvalue weighted by Gasteiger charge is -2.19. The smallest absolute Gasteiger partial charge is 0.231 e. The fraction of sp³-hybridized carbons (Fsp3) is 0.304. The summed E-state index contributed by atoms with van der Waals surface area (Å²) >= 11 is 3.15. The van der Waals surface area contributed by atoms with Gasteiger partial charge in [-0.25, -0.2) is 0 Å². The maximum atomic E-state index is 12.7. The molecule has 1 aromatic heterocycles. The van der Waals surface area contributed by atoms with Crippen LogP contribution in [0.3, 0.4) is 0 Å². The number of hydrogen-bond donors (Lipinski definition) is 1. The first-order chi connectivity index (χ1) is 15.1. The van der Waals surface area contributed by atoms with Crippen LogP contribution in [0.5, 0.6) is 0 Å². The zero-order chi connectivity index (χ0) is 21.6. The first-order valence-electron chi connectivity index (χ1n) is 10.3. The van der Waals surface area contributed by atoms with Crippen LogP contribution >= 0.6 is 23.1 Å². The minimum Gasteiger partial charge on any atom is -0.311 e. The molecule has 1 aliphatic heterocycles. The van der Waals surface area contributed by atoms with Gasteiger partial charge in [-0.3, -0.25) is 9.59 Å². The molecule has 2 heterocycles. The van der Waals surface area contributed by atoms with Gasteiger partial charge in [0, 0.05) is 30.2 Å². The molecule has 0 aliphatic carbocycles. The molecule has 2 amide bonds. The van der Waals surface area contributed by atoms with Crippen molar-refractivity contribution < 1.29 is 9.59 Å². The molecule has 2 aromatic carbocycles. The Kier molecular flexibility index (Phi) is 6.99. The maximum Gasteiger partial charge on any atom is 0.231 e. The zero-order valence-corrected chi connectivity index (χ0v) is 18.9. The fourth-order valence-electron chi connectivity index (χ4n) is 3.59. The number of aryl methyl sites for hydroxylation is 1. The largest absolute Gasteiger partial charge is 0.311 e. The molecular formula is C23H24N4O2S2. The average molecular weight is 453 g/mol. The van der Waals surface area contributed by atoms with E-state index in [-0.39, 0.29) is 18.2 Å². The number of carbonyl (C=O) groups is 2. The predicted octanol–water partition coefficient (Wildman–Crippen LogP) is 4.53. The van der Waals surface area contributed by atoms with Crippen molar-refractivity contribution >= 4 is 45.7 Å². The molecule has 1 unspecified atom stereocenters. The number of aromatic nitrogens is 2. The summed E-state index contributed by atoms with van der Waals surface area (Å²) in [4.78, 5) is 27.0. The summed E-state index contributed by atoms with van der Waals surface area (Å²) in [5.41, 5.74) is 3.28. The van der Waals surface area contributed by atoms with Crippen LogP contribution in [0.15, 0.2) is 54.6 Å². The lowest BCUT2D eigenvalue weighted by atomic mass is 10.1. The van der Waals surface area contributed by atoms with Gasteiger partial charge < -0.3 is 10.2 Å². The third-order valence-electron chi connectivity index (χ3n) is 5.19. The normalized spacial score (nSPS) is 16.0. The number of anilines is 2. The molecular weight excluding hydrogens is 428 g/mol. The van der Waals surface area contributed by atoms with E-state index in [9.17, 15) is 9.59 Å². The highest BCUT2D eigenvalue weighted by atomic mass is 32.2. The summed E-state index contributed by atoms with van der Waals surface area (Å²) in [5.74, 6) is 1.06. The van der Waals surface area contributed by atoms with E-state index < -0.39 is 5.92 Å². The minimum absolute atomic E-state index is 0.0173. The second kappa shape index (κ2) is 10.1. The minimum atomic E-state index is -0.391. The Bertz CT molecular complexity index is 1050. The Morgan fingerprint density at radius 3 is 2.71 bits per heavy atom. The maximum absolute atomic E-state index is 12.7. The Hall–Kier alpha value is -2.71. The third kappa shape index (κ3) is 5.32. The van der Waals surface area contributed by atoms with Crippen LogP contribution in [0.1, 0.15) is 29.5 Å². The Morgan fingerprint density at radius 2 is 1.90 bits per heavy atom. The predicted molar refractivity (Wildman–Crippen MR) is 126 cm³/mol. The van der Waals surface area contributed by atoms with Gasteiger partial charge >= 0.3 is 0 Å². The summed E-state index contributed by atoms with van der Waals surface area (Å²) in [7, 11) is 0. The first kappa shape index (κ1) is 21.5. The van der Waals surface area contributed by atoms with E-state index in [1.165, 1.54) is 16.9 Å². The van der Waals surface area contributed by atoms with Crippen LogP contribution in [0.4, 0.5) is 10.8 Å². The van der Waals surface area contributed by atoms with Crippen LogP contribution in [0.2, 0.25) is 0 Å². The summed E-state index contributed by atoms with van der Waals surface area (Å²) in [6.45, 7) is 2.45. The summed E-state index contributed by atoms with van der Waals surface area (Å²) in [6, 6.07) is 18.1. The van der Waals surface area contributed by atoms with Crippen LogP contribution < -0.4 is 10.2 Å². The van der Waals surface area contributed by atoms with Crippen molar-refractivity contribution in [3.63, 3.8) is 0 Å².